The van der Waals surface area contributed by atoms with Gasteiger partial charge in [-0.1, -0.05) is 31.5 Å². The first kappa shape index (κ1) is 14.0. The van der Waals surface area contributed by atoms with Gasteiger partial charge in [-0.15, -0.1) is 0 Å². The molecular weight excluding hydrogens is 212 g/mol. The number of methoxy groups -OCH3 is 1. The van der Waals surface area contributed by atoms with E-state index in [1.54, 1.807) is 7.11 Å². The Kier molecular flexibility index (Phi) is 6.67. The van der Waals surface area contributed by atoms with Gasteiger partial charge >= 0.3 is 0 Å². The zero-order chi connectivity index (χ0) is 12.5. The second-order valence-corrected chi connectivity index (χ2v) is 4.27. The Bertz CT molecular complexity index is 315. The van der Waals surface area contributed by atoms with E-state index in [1.165, 1.54) is 12.0 Å². The lowest BCUT2D eigenvalue weighted by Gasteiger charge is -2.16. The molecule has 0 aliphatic heterocycles. The van der Waals surface area contributed by atoms with E-state index in [0.717, 1.165) is 25.4 Å². The van der Waals surface area contributed by atoms with Crippen molar-refractivity contribution in [1.29, 1.82) is 0 Å². The fourth-order valence-corrected chi connectivity index (χ4v) is 1.91. The predicted molar refractivity (Wildman–Crippen MR) is 72.4 cm³/mol. The molecule has 0 fully saturated rings. The fourth-order valence-electron chi connectivity index (χ4n) is 1.91. The zero-order valence-electron chi connectivity index (χ0n) is 11.1. The van der Waals surface area contributed by atoms with Gasteiger partial charge in [0.05, 0.1) is 7.11 Å². The summed E-state index contributed by atoms with van der Waals surface area (Å²) in [4.78, 5) is 0. The molecule has 1 rings (SSSR count). The maximum absolute atomic E-state index is 5.32. The minimum absolute atomic E-state index is 0.690. The van der Waals surface area contributed by atoms with Crippen molar-refractivity contribution in [2.45, 2.75) is 19.9 Å². The van der Waals surface area contributed by atoms with E-state index in [2.05, 4.69) is 23.6 Å². The molecule has 2 N–H and O–H groups in total. The Morgan fingerprint density at radius 1 is 1.24 bits per heavy atom. The molecule has 1 aromatic carbocycles. The molecule has 1 unspecified atom stereocenters. The summed E-state index contributed by atoms with van der Waals surface area (Å²) in [6.45, 7) is 5.20. The van der Waals surface area contributed by atoms with E-state index in [9.17, 15) is 0 Å². The maximum Gasteiger partial charge on any atom is 0.123 e. The number of rotatable bonds is 8. The zero-order valence-corrected chi connectivity index (χ0v) is 11.1. The molecule has 1 aromatic rings. The maximum atomic E-state index is 5.32. The van der Waals surface area contributed by atoms with Gasteiger partial charge in [-0.05, 0) is 32.1 Å². The first-order valence-electron chi connectivity index (χ1n) is 6.29. The number of hydrogen-bond donors (Lipinski definition) is 2. The fraction of sp³-hybridized carbons (Fsp3) is 0.571. The van der Waals surface area contributed by atoms with Gasteiger partial charge in [0.1, 0.15) is 5.75 Å². The first-order chi connectivity index (χ1) is 8.31. The molecule has 0 aromatic heterocycles. The van der Waals surface area contributed by atoms with Crippen LogP contribution >= 0.6 is 0 Å². The van der Waals surface area contributed by atoms with Crippen LogP contribution in [0.15, 0.2) is 24.3 Å². The summed E-state index contributed by atoms with van der Waals surface area (Å²) in [5, 5.41) is 6.72. The van der Waals surface area contributed by atoms with Crippen LogP contribution in [0.3, 0.4) is 0 Å². The van der Waals surface area contributed by atoms with Gasteiger partial charge in [0.2, 0.25) is 0 Å². The van der Waals surface area contributed by atoms with Crippen LogP contribution in [0.4, 0.5) is 0 Å². The Balaban J connectivity index is 2.39. The largest absolute Gasteiger partial charge is 0.496 e. The molecule has 0 bridgehead atoms. The number of benzene rings is 1. The average molecular weight is 236 g/mol. The molecule has 0 aliphatic carbocycles. The van der Waals surface area contributed by atoms with Crippen molar-refractivity contribution >= 4 is 0 Å². The molecule has 0 aliphatic rings. The highest BCUT2D eigenvalue weighted by Gasteiger charge is 2.05. The van der Waals surface area contributed by atoms with Crippen LogP contribution < -0.4 is 15.4 Å². The van der Waals surface area contributed by atoms with Gasteiger partial charge in [0, 0.05) is 12.1 Å². The quantitative estimate of drug-likeness (QED) is 0.724. The molecular formula is C14H24N2O. The summed E-state index contributed by atoms with van der Waals surface area (Å²) in [5.41, 5.74) is 1.22. The van der Waals surface area contributed by atoms with Crippen molar-refractivity contribution in [3.8, 4) is 5.75 Å². The summed E-state index contributed by atoms with van der Waals surface area (Å²) in [7, 11) is 3.72. The van der Waals surface area contributed by atoms with E-state index in [4.69, 9.17) is 4.74 Å². The number of para-hydroxylation sites is 1. The summed E-state index contributed by atoms with van der Waals surface area (Å²) < 4.78 is 5.32. The van der Waals surface area contributed by atoms with Crippen LogP contribution in [0.1, 0.15) is 18.9 Å². The summed E-state index contributed by atoms with van der Waals surface area (Å²) in [6, 6.07) is 8.15. The van der Waals surface area contributed by atoms with Crippen molar-refractivity contribution in [3.05, 3.63) is 29.8 Å². The molecule has 96 valence electrons. The Morgan fingerprint density at radius 2 is 2.00 bits per heavy atom. The molecule has 0 radical (unpaired) electrons. The molecule has 3 heteroatoms. The van der Waals surface area contributed by atoms with Gasteiger partial charge in [-0.25, -0.2) is 0 Å². The predicted octanol–water partition coefficient (Wildman–Crippen LogP) is 2.03. The number of nitrogens with one attached hydrogen (secondary N) is 2. The smallest absolute Gasteiger partial charge is 0.123 e. The van der Waals surface area contributed by atoms with Crippen molar-refractivity contribution in [3.63, 3.8) is 0 Å². The molecule has 0 saturated carbocycles. The first-order valence-corrected chi connectivity index (χ1v) is 6.29. The monoisotopic (exact) mass is 236 g/mol. The van der Waals surface area contributed by atoms with Gasteiger partial charge in [-0.2, -0.15) is 0 Å². The molecule has 0 saturated heterocycles. The highest BCUT2D eigenvalue weighted by molar-refractivity contribution is 5.32. The second-order valence-electron chi connectivity index (χ2n) is 4.27. The molecule has 0 amide bonds. The van der Waals surface area contributed by atoms with Gasteiger partial charge in [0.15, 0.2) is 0 Å². The Hall–Kier alpha value is -1.06. The summed E-state index contributed by atoms with van der Waals surface area (Å²) >= 11 is 0. The number of hydrogen-bond acceptors (Lipinski definition) is 3. The Morgan fingerprint density at radius 3 is 2.65 bits per heavy atom. The topological polar surface area (TPSA) is 33.3 Å². The van der Waals surface area contributed by atoms with Gasteiger partial charge in [0.25, 0.3) is 0 Å². The molecule has 17 heavy (non-hydrogen) atoms. The lowest BCUT2D eigenvalue weighted by atomic mass is 10.1. The third-order valence-corrected chi connectivity index (χ3v) is 3.01. The van der Waals surface area contributed by atoms with Crippen LogP contribution in [0.25, 0.3) is 0 Å². The average Bonchev–Trinajstić information content (AvgIpc) is 2.38. The van der Waals surface area contributed by atoms with Crippen molar-refractivity contribution < 1.29 is 4.74 Å². The van der Waals surface area contributed by atoms with Crippen LogP contribution in [0.2, 0.25) is 0 Å². The summed E-state index contributed by atoms with van der Waals surface area (Å²) in [6.07, 6.45) is 1.19. The standard InChI is InChI=1S/C14H24N2O/c1-4-12(9-15-2)10-16-11-13-7-5-6-8-14(13)17-3/h5-8,12,15-16H,4,9-11H2,1-3H3. The van der Waals surface area contributed by atoms with Crippen LogP contribution in [-0.2, 0) is 6.54 Å². The summed E-state index contributed by atoms with van der Waals surface area (Å²) in [5.74, 6) is 1.65. The van der Waals surface area contributed by atoms with Crippen LogP contribution in [0.5, 0.6) is 5.75 Å². The van der Waals surface area contributed by atoms with E-state index < -0.39 is 0 Å². The third-order valence-electron chi connectivity index (χ3n) is 3.01. The normalized spacial score (nSPS) is 12.4. The van der Waals surface area contributed by atoms with Crippen LogP contribution in [-0.4, -0.2) is 27.2 Å². The molecule has 0 spiro atoms. The minimum Gasteiger partial charge on any atom is -0.496 e. The van der Waals surface area contributed by atoms with Crippen molar-refractivity contribution in [2.24, 2.45) is 5.92 Å². The lowest BCUT2D eigenvalue weighted by molar-refractivity contribution is 0.403. The van der Waals surface area contributed by atoms with Crippen molar-refractivity contribution in [2.75, 3.05) is 27.2 Å². The highest BCUT2D eigenvalue weighted by Crippen LogP contribution is 2.16. The third kappa shape index (κ3) is 4.75. The number of ether oxygens (including phenoxy) is 1. The molecule has 1 atom stereocenters. The molecule has 3 nitrogen and oxygen atoms in total. The van der Waals surface area contributed by atoms with Gasteiger partial charge in [-0.3, -0.25) is 0 Å². The van der Waals surface area contributed by atoms with E-state index in [1.807, 2.05) is 25.2 Å². The molecule has 0 heterocycles. The van der Waals surface area contributed by atoms with E-state index >= 15 is 0 Å². The van der Waals surface area contributed by atoms with E-state index in [-0.39, 0.29) is 0 Å². The minimum atomic E-state index is 0.690. The second kappa shape index (κ2) is 8.09. The SMILES string of the molecule is CCC(CNC)CNCc1ccccc1OC. The van der Waals surface area contributed by atoms with Crippen LogP contribution in [0, 0.1) is 5.92 Å². The van der Waals surface area contributed by atoms with Crippen molar-refractivity contribution in [1.82, 2.24) is 10.6 Å². The highest BCUT2D eigenvalue weighted by atomic mass is 16.5. The lowest BCUT2D eigenvalue weighted by Crippen LogP contribution is -2.29. The van der Waals surface area contributed by atoms with Gasteiger partial charge < -0.3 is 15.4 Å². The Labute approximate surface area is 105 Å². The van der Waals surface area contributed by atoms with E-state index in [0.29, 0.717) is 5.92 Å².